The summed E-state index contributed by atoms with van der Waals surface area (Å²) in [6.45, 7) is 10.1. The number of hydrogen-bond acceptors (Lipinski definition) is 5. The van der Waals surface area contributed by atoms with Crippen molar-refractivity contribution in [2.45, 2.75) is 40.2 Å². The third kappa shape index (κ3) is 4.53. The van der Waals surface area contributed by atoms with Crippen LogP contribution in [0.1, 0.15) is 43.0 Å². The van der Waals surface area contributed by atoms with E-state index in [1.54, 1.807) is 12.1 Å². The maximum atomic E-state index is 12.9. The molecular formula is C27H29N3O3S. The molecule has 176 valence electrons. The van der Waals surface area contributed by atoms with Gasteiger partial charge in [-0.2, -0.15) is 0 Å². The molecule has 7 heteroatoms. The maximum absolute atomic E-state index is 12.9. The summed E-state index contributed by atoms with van der Waals surface area (Å²) >= 11 is 0.861. The molecule has 1 saturated heterocycles. The van der Waals surface area contributed by atoms with Gasteiger partial charge in [0.2, 0.25) is 5.91 Å². The lowest BCUT2D eigenvalue weighted by Crippen LogP contribution is -2.42. The molecule has 2 aliphatic heterocycles. The molecule has 0 saturated carbocycles. The number of aryl methyl sites for hydroxylation is 2. The summed E-state index contributed by atoms with van der Waals surface area (Å²) in [5, 5.41) is 2.32. The lowest BCUT2D eigenvalue weighted by molar-refractivity contribution is -0.127. The number of carbonyl (C=O) groups excluding carboxylic acids is 3. The molecule has 34 heavy (non-hydrogen) atoms. The van der Waals surface area contributed by atoms with Crippen LogP contribution in [0.2, 0.25) is 0 Å². The summed E-state index contributed by atoms with van der Waals surface area (Å²) in [6, 6.07) is 11.6. The number of benzene rings is 2. The van der Waals surface area contributed by atoms with E-state index in [1.807, 2.05) is 44.2 Å². The van der Waals surface area contributed by atoms with E-state index in [-0.39, 0.29) is 12.1 Å². The SMILES string of the molecule is CC1=CC(C)(C)N(C)c2ccc(/C=C3/SC(=O)N(CC(=O)Nc4ccc(C)c(C)c4)C3=O)cc21. The van der Waals surface area contributed by atoms with Crippen LogP contribution in [0.4, 0.5) is 16.2 Å². The number of nitrogens with zero attached hydrogens (tertiary/aromatic N) is 2. The van der Waals surface area contributed by atoms with Crippen LogP contribution in [-0.4, -0.2) is 41.1 Å². The van der Waals surface area contributed by atoms with Gasteiger partial charge in [0.25, 0.3) is 11.1 Å². The van der Waals surface area contributed by atoms with Gasteiger partial charge in [-0.15, -0.1) is 0 Å². The molecular weight excluding hydrogens is 446 g/mol. The molecule has 0 spiro atoms. The van der Waals surface area contributed by atoms with Crippen molar-refractivity contribution < 1.29 is 14.4 Å². The van der Waals surface area contributed by atoms with Crippen molar-refractivity contribution in [3.8, 4) is 0 Å². The molecule has 0 unspecified atom stereocenters. The summed E-state index contributed by atoms with van der Waals surface area (Å²) in [6.07, 6.45) is 3.95. The molecule has 2 heterocycles. The molecule has 2 aromatic rings. The van der Waals surface area contributed by atoms with E-state index in [0.717, 1.165) is 44.6 Å². The van der Waals surface area contributed by atoms with Crippen molar-refractivity contribution in [1.82, 2.24) is 4.90 Å². The second kappa shape index (κ2) is 8.80. The highest BCUT2D eigenvalue weighted by Gasteiger charge is 2.36. The Labute approximate surface area is 204 Å². The Morgan fingerprint density at radius 1 is 1.06 bits per heavy atom. The molecule has 2 aromatic carbocycles. The van der Waals surface area contributed by atoms with E-state index in [4.69, 9.17) is 0 Å². The van der Waals surface area contributed by atoms with Crippen LogP contribution < -0.4 is 10.2 Å². The fourth-order valence-electron chi connectivity index (χ4n) is 4.22. The number of anilines is 2. The van der Waals surface area contributed by atoms with Gasteiger partial charge in [0.1, 0.15) is 6.54 Å². The fourth-order valence-corrected chi connectivity index (χ4v) is 5.06. The predicted molar refractivity (Wildman–Crippen MR) is 140 cm³/mol. The summed E-state index contributed by atoms with van der Waals surface area (Å²) in [4.78, 5) is 41.5. The first-order valence-electron chi connectivity index (χ1n) is 11.2. The standard InChI is InChI=1S/C27H29N3O3S/c1-16-7-9-20(11-17(16)2)28-24(31)15-30-25(32)23(34-26(30)33)13-19-8-10-22-21(12-19)18(3)14-27(4,5)29(22)6/h7-14H,15H2,1-6H3,(H,28,31)/b23-13+. The maximum Gasteiger partial charge on any atom is 0.294 e. The van der Waals surface area contributed by atoms with Crippen molar-refractivity contribution in [2.24, 2.45) is 0 Å². The Morgan fingerprint density at radius 2 is 1.79 bits per heavy atom. The van der Waals surface area contributed by atoms with Gasteiger partial charge in [0, 0.05) is 24.0 Å². The third-order valence-electron chi connectivity index (χ3n) is 6.50. The summed E-state index contributed by atoms with van der Waals surface area (Å²) in [7, 11) is 2.07. The van der Waals surface area contributed by atoms with Crippen molar-refractivity contribution in [1.29, 1.82) is 0 Å². The number of carbonyl (C=O) groups is 3. The van der Waals surface area contributed by atoms with E-state index < -0.39 is 17.1 Å². The second-order valence-corrected chi connectivity index (χ2v) is 10.4. The Morgan fingerprint density at radius 3 is 2.50 bits per heavy atom. The monoisotopic (exact) mass is 475 g/mol. The van der Waals surface area contributed by atoms with E-state index in [9.17, 15) is 14.4 Å². The van der Waals surface area contributed by atoms with Crippen LogP contribution in [0.3, 0.4) is 0 Å². The summed E-state index contributed by atoms with van der Waals surface area (Å²) in [5.74, 6) is -0.861. The van der Waals surface area contributed by atoms with Crippen molar-refractivity contribution >= 4 is 51.8 Å². The number of allylic oxidation sites excluding steroid dienone is 1. The van der Waals surface area contributed by atoms with Gasteiger partial charge in [-0.1, -0.05) is 18.2 Å². The number of fused-ring (bicyclic) bond motifs is 1. The molecule has 0 radical (unpaired) electrons. The molecule has 3 amide bonds. The lowest BCUT2D eigenvalue weighted by atomic mass is 9.88. The van der Waals surface area contributed by atoms with Crippen molar-refractivity contribution in [3.63, 3.8) is 0 Å². The topological polar surface area (TPSA) is 69.7 Å². The zero-order chi connectivity index (χ0) is 24.8. The minimum Gasteiger partial charge on any atom is -0.366 e. The number of imide groups is 1. The summed E-state index contributed by atoms with van der Waals surface area (Å²) < 4.78 is 0. The van der Waals surface area contributed by atoms with Gasteiger partial charge >= 0.3 is 0 Å². The Hall–Kier alpha value is -3.32. The average Bonchev–Trinajstić information content (AvgIpc) is 3.02. The summed E-state index contributed by atoms with van der Waals surface area (Å²) in [5.41, 5.74) is 6.96. The molecule has 6 nitrogen and oxygen atoms in total. The molecule has 2 aliphatic rings. The van der Waals surface area contributed by atoms with Crippen LogP contribution in [0.5, 0.6) is 0 Å². The first-order chi connectivity index (χ1) is 16.0. The normalized spacial score (nSPS) is 18.3. The zero-order valence-electron chi connectivity index (χ0n) is 20.4. The van der Waals surface area contributed by atoms with Crippen molar-refractivity contribution in [3.05, 3.63) is 69.6 Å². The van der Waals surface area contributed by atoms with Crippen LogP contribution in [0.25, 0.3) is 11.6 Å². The number of hydrogen-bond donors (Lipinski definition) is 1. The van der Waals surface area contributed by atoms with Gasteiger partial charge in [-0.25, -0.2) is 0 Å². The molecule has 1 fully saturated rings. The van der Waals surface area contributed by atoms with Gasteiger partial charge < -0.3 is 10.2 Å². The van der Waals surface area contributed by atoms with Gasteiger partial charge in [-0.3, -0.25) is 19.3 Å². The highest BCUT2D eigenvalue weighted by atomic mass is 32.2. The molecule has 0 aromatic heterocycles. The predicted octanol–water partition coefficient (Wildman–Crippen LogP) is 5.61. The van der Waals surface area contributed by atoms with Crippen LogP contribution in [-0.2, 0) is 9.59 Å². The quantitative estimate of drug-likeness (QED) is 0.582. The largest absolute Gasteiger partial charge is 0.366 e. The Kier molecular flexibility index (Phi) is 6.16. The lowest BCUT2D eigenvalue weighted by Gasteiger charge is -2.40. The molecule has 0 atom stereocenters. The third-order valence-corrected chi connectivity index (χ3v) is 7.41. The average molecular weight is 476 g/mol. The van der Waals surface area contributed by atoms with E-state index >= 15 is 0 Å². The molecule has 1 N–H and O–H groups in total. The van der Waals surface area contributed by atoms with Crippen LogP contribution >= 0.6 is 11.8 Å². The first-order valence-corrected chi connectivity index (χ1v) is 12.0. The number of thioether (sulfide) groups is 1. The van der Waals surface area contributed by atoms with Gasteiger partial charge in [0.15, 0.2) is 0 Å². The van der Waals surface area contributed by atoms with Crippen LogP contribution in [0.15, 0.2) is 47.4 Å². The van der Waals surface area contributed by atoms with Crippen LogP contribution in [0, 0.1) is 13.8 Å². The fraction of sp³-hybridized carbons (Fsp3) is 0.296. The number of rotatable bonds is 4. The van der Waals surface area contributed by atoms with Gasteiger partial charge in [-0.05, 0) is 99.0 Å². The smallest absolute Gasteiger partial charge is 0.294 e. The second-order valence-electron chi connectivity index (χ2n) is 9.43. The number of amides is 3. The van der Waals surface area contributed by atoms with E-state index in [2.05, 4.69) is 44.1 Å². The highest BCUT2D eigenvalue weighted by Crippen LogP contribution is 2.39. The first kappa shape index (κ1) is 23.8. The number of likely N-dealkylation sites (N-methyl/N-ethyl adjacent to an activating group) is 1. The minimum atomic E-state index is -0.450. The Bertz CT molecular complexity index is 1280. The molecule has 4 rings (SSSR count). The Balaban J connectivity index is 1.50. The van der Waals surface area contributed by atoms with Gasteiger partial charge in [0.05, 0.1) is 10.4 Å². The molecule has 0 aliphatic carbocycles. The zero-order valence-corrected chi connectivity index (χ0v) is 21.2. The number of nitrogens with one attached hydrogen (secondary N) is 1. The van der Waals surface area contributed by atoms with E-state index in [0.29, 0.717) is 10.6 Å². The highest BCUT2D eigenvalue weighted by molar-refractivity contribution is 8.18. The molecule has 0 bridgehead atoms. The minimum absolute atomic E-state index is 0.0842. The van der Waals surface area contributed by atoms with Crippen molar-refractivity contribution in [2.75, 3.05) is 23.8 Å². The van der Waals surface area contributed by atoms with E-state index in [1.165, 1.54) is 5.57 Å².